The molecule has 4 aromatic rings. The molecule has 0 radical (unpaired) electrons. The van der Waals surface area contributed by atoms with Crippen molar-refractivity contribution in [3.05, 3.63) is 94.3 Å². The van der Waals surface area contributed by atoms with E-state index in [9.17, 15) is 23.2 Å². The first kappa shape index (κ1) is 24.1. The normalized spacial score (nSPS) is 10.8. The van der Waals surface area contributed by atoms with Crippen molar-refractivity contribution in [2.45, 2.75) is 12.1 Å². The van der Waals surface area contributed by atoms with Gasteiger partial charge in [0.05, 0.1) is 34.5 Å². The first-order chi connectivity index (χ1) is 16.9. The summed E-state index contributed by atoms with van der Waals surface area (Å²) in [5.41, 5.74) is 0.474. The van der Waals surface area contributed by atoms with Crippen LogP contribution in [0.1, 0.15) is 17.3 Å². The van der Waals surface area contributed by atoms with Crippen LogP contribution in [-0.2, 0) is 9.53 Å². The molecule has 3 aromatic carbocycles. The van der Waals surface area contributed by atoms with E-state index in [0.29, 0.717) is 22.8 Å². The number of anilines is 1. The number of benzene rings is 3. The Hall–Kier alpha value is -4.05. The fourth-order valence-corrected chi connectivity index (χ4v) is 4.12. The van der Waals surface area contributed by atoms with Gasteiger partial charge in [0.15, 0.2) is 5.16 Å². The van der Waals surface area contributed by atoms with E-state index < -0.39 is 29.1 Å². The van der Waals surface area contributed by atoms with Crippen LogP contribution in [0.25, 0.3) is 16.6 Å². The quantitative estimate of drug-likeness (QED) is 0.230. The van der Waals surface area contributed by atoms with Gasteiger partial charge in [-0.2, -0.15) is 0 Å². The fourth-order valence-electron chi connectivity index (χ4n) is 3.32. The van der Waals surface area contributed by atoms with Crippen molar-refractivity contribution < 1.29 is 23.1 Å². The molecule has 0 saturated heterocycles. The maximum atomic E-state index is 14.6. The number of aromatic nitrogens is 2. The third-order valence-electron chi connectivity index (χ3n) is 4.91. The molecule has 0 spiro atoms. The second kappa shape index (κ2) is 10.5. The number of esters is 1. The fraction of sp³-hybridized carbons (Fsp3) is 0.120. The summed E-state index contributed by atoms with van der Waals surface area (Å²) < 4.78 is 34.0. The lowest BCUT2D eigenvalue weighted by molar-refractivity contribution is -0.113. The molecule has 7 nitrogen and oxygen atoms in total. The van der Waals surface area contributed by atoms with Crippen LogP contribution in [0.4, 0.5) is 14.5 Å². The summed E-state index contributed by atoms with van der Waals surface area (Å²) in [6.07, 6.45) is 0. The van der Waals surface area contributed by atoms with Gasteiger partial charge in [0.1, 0.15) is 11.6 Å². The maximum absolute atomic E-state index is 14.6. The maximum Gasteiger partial charge on any atom is 0.338 e. The van der Waals surface area contributed by atoms with Gasteiger partial charge in [-0.15, -0.1) is 0 Å². The Balaban J connectivity index is 1.58. The molecule has 35 heavy (non-hydrogen) atoms. The van der Waals surface area contributed by atoms with E-state index in [1.807, 2.05) is 0 Å². The molecule has 0 unspecified atom stereocenters. The van der Waals surface area contributed by atoms with Crippen molar-refractivity contribution in [3.8, 4) is 5.69 Å². The second-order valence-corrected chi connectivity index (χ2v) is 8.22. The predicted molar refractivity (Wildman–Crippen MR) is 129 cm³/mol. The lowest BCUT2D eigenvalue weighted by Crippen LogP contribution is -2.23. The average molecular weight is 496 g/mol. The summed E-state index contributed by atoms with van der Waals surface area (Å²) in [6.45, 7) is 1.96. The number of amides is 1. The van der Waals surface area contributed by atoms with E-state index in [1.54, 1.807) is 43.3 Å². The molecule has 0 aliphatic carbocycles. The number of carbonyl (C=O) groups is 2. The minimum absolute atomic E-state index is 0.0759. The lowest BCUT2D eigenvalue weighted by Gasteiger charge is -2.14. The monoisotopic (exact) mass is 495 g/mol. The Morgan fingerprint density at radius 1 is 1.06 bits per heavy atom. The van der Waals surface area contributed by atoms with Crippen LogP contribution in [0.5, 0.6) is 0 Å². The first-order valence-corrected chi connectivity index (χ1v) is 11.5. The van der Waals surface area contributed by atoms with Crippen LogP contribution >= 0.6 is 11.8 Å². The van der Waals surface area contributed by atoms with Gasteiger partial charge < -0.3 is 10.1 Å². The molecule has 0 saturated carbocycles. The van der Waals surface area contributed by atoms with Crippen LogP contribution in [0, 0.1) is 11.6 Å². The predicted octanol–water partition coefficient (Wildman–Crippen LogP) is 4.57. The Bertz CT molecular complexity index is 1470. The second-order valence-electron chi connectivity index (χ2n) is 7.28. The van der Waals surface area contributed by atoms with Crippen molar-refractivity contribution in [3.63, 3.8) is 0 Å². The number of carbonyl (C=O) groups excluding carboxylic acids is 2. The lowest BCUT2D eigenvalue weighted by atomic mass is 10.2. The Morgan fingerprint density at radius 3 is 2.51 bits per heavy atom. The molecule has 1 N–H and O–H groups in total. The van der Waals surface area contributed by atoms with Gasteiger partial charge in [0.2, 0.25) is 5.91 Å². The van der Waals surface area contributed by atoms with E-state index in [4.69, 9.17) is 4.74 Å². The summed E-state index contributed by atoms with van der Waals surface area (Å²) in [5.74, 6) is -2.73. The number of fused-ring (bicyclic) bond motifs is 1. The number of nitrogens with one attached hydrogen (secondary N) is 1. The van der Waals surface area contributed by atoms with Gasteiger partial charge in [0, 0.05) is 11.8 Å². The van der Waals surface area contributed by atoms with E-state index in [0.717, 1.165) is 28.5 Å². The number of hydrogen-bond acceptors (Lipinski definition) is 6. The zero-order valence-corrected chi connectivity index (χ0v) is 19.3. The average Bonchev–Trinajstić information content (AvgIpc) is 2.84. The smallest absolute Gasteiger partial charge is 0.338 e. The van der Waals surface area contributed by atoms with Crippen molar-refractivity contribution in [1.29, 1.82) is 0 Å². The van der Waals surface area contributed by atoms with Crippen LogP contribution in [-0.4, -0.2) is 33.8 Å². The van der Waals surface area contributed by atoms with Crippen LogP contribution in [0.15, 0.2) is 76.7 Å². The highest BCUT2D eigenvalue weighted by Crippen LogP contribution is 2.23. The number of ether oxygens (including phenoxy) is 1. The SMILES string of the molecule is CCOC(=O)c1ccc(NC(=O)CSc2nc3ccccc3c(=O)n2-c2ccc(F)cc2F)cc1. The Kier molecular flexibility index (Phi) is 7.21. The van der Waals surface area contributed by atoms with Crippen LogP contribution in [0.2, 0.25) is 0 Å². The summed E-state index contributed by atoms with van der Waals surface area (Å²) >= 11 is 0.931. The number of nitrogens with zero attached hydrogens (tertiary/aromatic N) is 2. The van der Waals surface area contributed by atoms with E-state index in [1.165, 1.54) is 12.1 Å². The third kappa shape index (κ3) is 5.38. The summed E-state index contributed by atoms with van der Waals surface area (Å²) in [4.78, 5) is 41.9. The largest absolute Gasteiger partial charge is 0.462 e. The van der Waals surface area contributed by atoms with Gasteiger partial charge >= 0.3 is 5.97 Å². The van der Waals surface area contributed by atoms with E-state index >= 15 is 0 Å². The van der Waals surface area contributed by atoms with Crippen molar-refractivity contribution in [2.24, 2.45) is 0 Å². The van der Waals surface area contributed by atoms with Gasteiger partial charge in [0.25, 0.3) is 5.56 Å². The molecule has 0 atom stereocenters. The van der Waals surface area contributed by atoms with Crippen molar-refractivity contribution in [1.82, 2.24) is 9.55 Å². The minimum atomic E-state index is -0.933. The van der Waals surface area contributed by atoms with Crippen molar-refractivity contribution >= 4 is 40.2 Å². The first-order valence-electron chi connectivity index (χ1n) is 10.5. The molecule has 1 amide bonds. The summed E-state index contributed by atoms with van der Waals surface area (Å²) in [7, 11) is 0. The highest BCUT2D eigenvalue weighted by Gasteiger charge is 2.18. The zero-order valence-electron chi connectivity index (χ0n) is 18.5. The number of rotatable bonds is 7. The minimum Gasteiger partial charge on any atom is -0.462 e. The number of thioether (sulfide) groups is 1. The molecular weight excluding hydrogens is 476 g/mol. The topological polar surface area (TPSA) is 90.3 Å². The van der Waals surface area contributed by atoms with Gasteiger partial charge in [-0.05, 0) is 55.5 Å². The summed E-state index contributed by atoms with van der Waals surface area (Å²) in [6, 6.07) is 15.6. The number of hydrogen-bond donors (Lipinski definition) is 1. The van der Waals surface area contributed by atoms with E-state index in [-0.39, 0.29) is 28.6 Å². The molecule has 0 fully saturated rings. The number of halogens is 2. The Morgan fingerprint density at radius 2 is 1.80 bits per heavy atom. The Labute approximate surface area is 202 Å². The third-order valence-corrected chi connectivity index (χ3v) is 5.85. The van der Waals surface area contributed by atoms with E-state index in [2.05, 4.69) is 10.3 Å². The molecule has 0 bridgehead atoms. The molecular formula is C25H19F2N3O4S. The van der Waals surface area contributed by atoms with Gasteiger partial charge in [-0.1, -0.05) is 23.9 Å². The number of para-hydroxylation sites is 1. The molecule has 10 heteroatoms. The molecule has 1 aromatic heterocycles. The molecule has 4 rings (SSSR count). The molecule has 0 aliphatic heterocycles. The molecule has 0 aliphatic rings. The highest BCUT2D eigenvalue weighted by molar-refractivity contribution is 7.99. The zero-order chi connectivity index (χ0) is 24.9. The highest BCUT2D eigenvalue weighted by atomic mass is 32.2. The van der Waals surface area contributed by atoms with Crippen molar-refractivity contribution in [2.75, 3.05) is 17.7 Å². The molecule has 1 heterocycles. The summed E-state index contributed by atoms with van der Waals surface area (Å²) in [5, 5.41) is 3.02. The standard InChI is InChI=1S/C25H19F2N3O4S/c1-2-34-24(33)15-7-10-17(11-8-15)28-22(31)14-35-25-29-20-6-4-3-5-18(20)23(32)30(25)21-12-9-16(26)13-19(21)27/h3-13H,2,14H2,1H3,(H,28,31). The van der Waals surface area contributed by atoms with Crippen LogP contribution in [0.3, 0.4) is 0 Å². The van der Waals surface area contributed by atoms with Gasteiger partial charge in [-0.3, -0.25) is 14.2 Å². The van der Waals surface area contributed by atoms with Crippen LogP contribution < -0.4 is 10.9 Å². The van der Waals surface area contributed by atoms with Gasteiger partial charge in [-0.25, -0.2) is 18.6 Å². The molecule has 178 valence electrons.